The fraction of sp³-hybridized carbons (Fsp3) is 0.522. The highest BCUT2D eigenvalue weighted by molar-refractivity contribution is 5.14. The van der Waals surface area contributed by atoms with Gasteiger partial charge in [-0.05, 0) is 61.6 Å². The van der Waals surface area contributed by atoms with Gasteiger partial charge in [-0.25, -0.2) is 4.98 Å². The molecule has 2 aromatic rings. The van der Waals surface area contributed by atoms with Crippen molar-refractivity contribution in [2.24, 2.45) is 5.41 Å². The summed E-state index contributed by atoms with van der Waals surface area (Å²) in [7, 11) is 0. The predicted octanol–water partition coefficient (Wildman–Crippen LogP) is 5.83. The average Bonchev–Trinajstić information content (AvgIpc) is 2.73. The molecule has 158 valence electrons. The van der Waals surface area contributed by atoms with E-state index in [0.717, 1.165) is 43.7 Å². The molecule has 0 bridgehead atoms. The van der Waals surface area contributed by atoms with E-state index in [0.29, 0.717) is 38.5 Å². The van der Waals surface area contributed by atoms with Gasteiger partial charge in [0.15, 0.2) is 0 Å². The molecule has 0 amide bonds. The molecule has 0 radical (unpaired) electrons. The van der Waals surface area contributed by atoms with Gasteiger partial charge >= 0.3 is 6.18 Å². The van der Waals surface area contributed by atoms with Gasteiger partial charge in [-0.15, -0.1) is 0 Å². The quantitative estimate of drug-likeness (QED) is 0.490. The number of halogens is 3. The van der Waals surface area contributed by atoms with E-state index in [2.05, 4.69) is 4.98 Å². The van der Waals surface area contributed by atoms with Crippen LogP contribution in [0, 0.1) is 5.41 Å². The Kier molecular flexibility index (Phi) is 7.67. The van der Waals surface area contributed by atoms with Crippen molar-refractivity contribution in [3.8, 4) is 0 Å². The largest absolute Gasteiger partial charge is 0.433 e. The van der Waals surface area contributed by atoms with Gasteiger partial charge in [-0.3, -0.25) is 0 Å². The molecule has 0 unspecified atom stereocenters. The zero-order valence-electron chi connectivity index (χ0n) is 16.6. The number of alkyl halides is 3. The molecular formula is C23H28F3NO2. The maximum absolute atomic E-state index is 12.9. The standard InChI is InChI=1S/C23H28F3NO2/c24-23(25,26)21-9-4-8-20(27-21)10-12-22(13-16-28-17-14-22)11-5-15-29-18-19-6-2-1-3-7-19/h1-4,6-9H,5,10-18H2. The number of pyridine rings is 1. The van der Waals surface area contributed by atoms with Gasteiger partial charge in [0.2, 0.25) is 0 Å². The van der Waals surface area contributed by atoms with E-state index >= 15 is 0 Å². The molecule has 1 aliphatic rings. The molecule has 0 aliphatic carbocycles. The SMILES string of the molecule is FC(F)(F)c1cccc(CCC2(CCCOCc3ccccc3)CCOCC2)n1. The molecule has 1 aromatic heterocycles. The Balaban J connectivity index is 1.50. The van der Waals surface area contributed by atoms with Gasteiger partial charge in [0, 0.05) is 25.5 Å². The van der Waals surface area contributed by atoms with E-state index in [1.807, 2.05) is 30.3 Å². The fourth-order valence-corrected chi connectivity index (χ4v) is 3.91. The molecule has 3 rings (SSSR count). The summed E-state index contributed by atoms with van der Waals surface area (Å²) in [5.74, 6) is 0. The van der Waals surface area contributed by atoms with Crippen molar-refractivity contribution >= 4 is 0 Å². The topological polar surface area (TPSA) is 31.4 Å². The van der Waals surface area contributed by atoms with Crippen LogP contribution in [0.2, 0.25) is 0 Å². The molecule has 1 saturated heterocycles. The summed E-state index contributed by atoms with van der Waals surface area (Å²) in [6.07, 6.45) is 0.767. The fourth-order valence-electron chi connectivity index (χ4n) is 3.91. The molecule has 0 saturated carbocycles. The lowest BCUT2D eigenvalue weighted by Gasteiger charge is -2.37. The van der Waals surface area contributed by atoms with Crippen LogP contribution in [0.3, 0.4) is 0 Å². The van der Waals surface area contributed by atoms with Crippen LogP contribution in [-0.4, -0.2) is 24.8 Å². The van der Waals surface area contributed by atoms with Gasteiger partial charge in [-0.2, -0.15) is 13.2 Å². The summed E-state index contributed by atoms with van der Waals surface area (Å²) in [5.41, 5.74) is 0.935. The molecule has 6 heteroatoms. The van der Waals surface area contributed by atoms with E-state index in [1.165, 1.54) is 6.07 Å². The lowest BCUT2D eigenvalue weighted by Crippen LogP contribution is -2.30. The van der Waals surface area contributed by atoms with Crippen molar-refractivity contribution in [3.63, 3.8) is 0 Å². The average molecular weight is 407 g/mol. The third-order valence-electron chi connectivity index (χ3n) is 5.67. The number of aromatic nitrogens is 1. The molecule has 2 heterocycles. The van der Waals surface area contributed by atoms with Crippen LogP contribution in [0.25, 0.3) is 0 Å². The lowest BCUT2D eigenvalue weighted by molar-refractivity contribution is -0.141. The van der Waals surface area contributed by atoms with Crippen molar-refractivity contribution in [1.82, 2.24) is 4.98 Å². The van der Waals surface area contributed by atoms with Crippen molar-refractivity contribution in [2.45, 2.75) is 51.3 Å². The minimum atomic E-state index is -4.40. The summed E-state index contributed by atoms with van der Waals surface area (Å²) in [6.45, 7) is 2.70. The number of benzene rings is 1. The van der Waals surface area contributed by atoms with Crippen LogP contribution < -0.4 is 0 Å². The molecular weight excluding hydrogens is 379 g/mol. The number of hydrogen-bond acceptors (Lipinski definition) is 3. The Bertz CT molecular complexity index is 743. The first-order valence-corrected chi connectivity index (χ1v) is 10.2. The zero-order valence-corrected chi connectivity index (χ0v) is 16.6. The van der Waals surface area contributed by atoms with Gasteiger partial charge in [0.1, 0.15) is 5.69 Å². The third kappa shape index (κ3) is 6.82. The van der Waals surface area contributed by atoms with Crippen LogP contribution in [0.1, 0.15) is 49.1 Å². The van der Waals surface area contributed by atoms with Crippen LogP contribution in [-0.2, 0) is 28.7 Å². The van der Waals surface area contributed by atoms with E-state index in [9.17, 15) is 13.2 Å². The Morgan fingerprint density at radius 1 is 0.966 bits per heavy atom. The van der Waals surface area contributed by atoms with Crippen LogP contribution in [0.15, 0.2) is 48.5 Å². The second-order valence-corrected chi connectivity index (χ2v) is 7.77. The highest BCUT2D eigenvalue weighted by atomic mass is 19.4. The maximum Gasteiger partial charge on any atom is 0.433 e. The smallest absolute Gasteiger partial charge is 0.381 e. The van der Waals surface area contributed by atoms with Crippen molar-refractivity contribution in [3.05, 3.63) is 65.5 Å². The van der Waals surface area contributed by atoms with Crippen LogP contribution in [0.5, 0.6) is 0 Å². The molecule has 1 aliphatic heterocycles. The Morgan fingerprint density at radius 3 is 2.45 bits per heavy atom. The summed E-state index contributed by atoms with van der Waals surface area (Å²) >= 11 is 0. The van der Waals surface area contributed by atoms with Crippen LogP contribution in [0.4, 0.5) is 13.2 Å². The first-order valence-electron chi connectivity index (χ1n) is 10.2. The van der Waals surface area contributed by atoms with E-state index in [-0.39, 0.29) is 5.41 Å². The molecule has 0 N–H and O–H groups in total. The minimum Gasteiger partial charge on any atom is -0.381 e. The third-order valence-corrected chi connectivity index (χ3v) is 5.67. The molecule has 3 nitrogen and oxygen atoms in total. The second-order valence-electron chi connectivity index (χ2n) is 7.77. The van der Waals surface area contributed by atoms with Crippen molar-refractivity contribution < 1.29 is 22.6 Å². The van der Waals surface area contributed by atoms with Gasteiger partial charge in [0.25, 0.3) is 0 Å². The first kappa shape index (κ1) is 21.8. The van der Waals surface area contributed by atoms with E-state index in [4.69, 9.17) is 9.47 Å². The summed E-state index contributed by atoms with van der Waals surface area (Å²) in [5, 5.41) is 0. The molecule has 1 aromatic carbocycles. The monoisotopic (exact) mass is 407 g/mol. The Hall–Kier alpha value is -1.92. The summed E-state index contributed by atoms with van der Waals surface area (Å²) in [4.78, 5) is 3.82. The highest BCUT2D eigenvalue weighted by Gasteiger charge is 2.34. The Morgan fingerprint density at radius 2 is 1.72 bits per heavy atom. The van der Waals surface area contributed by atoms with Gasteiger partial charge in [0.05, 0.1) is 6.61 Å². The zero-order chi connectivity index (χ0) is 20.6. The van der Waals surface area contributed by atoms with E-state index in [1.54, 1.807) is 6.07 Å². The number of ether oxygens (including phenoxy) is 2. The summed E-state index contributed by atoms with van der Waals surface area (Å²) in [6, 6.07) is 14.2. The van der Waals surface area contributed by atoms with E-state index < -0.39 is 11.9 Å². The van der Waals surface area contributed by atoms with Gasteiger partial charge < -0.3 is 9.47 Å². The second kappa shape index (κ2) is 10.2. The maximum atomic E-state index is 12.9. The number of aryl methyl sites for hydroxylation is 1. The molecule has 29 heavy (non-hydrogen) atoms. The normalized spacial score (nSPS) is 16.7. The van der Waals surface area contributed by atoms with Gasteiger partial charge in [-0.1, -0.05) is 36.4 Å². The highest BCUT2D eigenvalue weighted by Crippen LogP contribution is 2.40. The number of hydrogen-bond donors (Lipinski definition) is 0. The number of rotatable bonds is 9. The Labute approximate surface area is 170 Å². The van der Waals surface area contributed by atoms with Crippen molar-refractivity contribution in [1.29, 1.82) is 0 Å². The minimum absolute atomic E-state index is 0.0876. The lowest BCUT2D eigenvalue weighted by atomic mass is 9.73. The molecule has 0 atom stereocenters. The number of nitrogens with zero attached hydrogens (tertiary/aromatic N) is 1. The van der Waals surface area contributed by atoms with Crippen molar-refractivity contribution in [2.75, 3.05) is 19.8 Å². The van der Waals surface area contributed by atoms with Crippen LogP contribution >= 0.6 is 0 Å². The first-order chi connectivity index (χ1) is 14.0. The molecule has 1 fully saturated rings. The molecule has 0 spiro atoms. The predicted molar refractivity (Wildman–Crippen MR) is 105 cm³/mol. The summed E-state index contributed by atoms with van der Waals surface area (Å²) < 4.78 is 50.1.